The van der Waals surface area contributed by atoms with Gasteiger partial charge in [0.1, 0.15) is 5.56 Å². The molecule has 0 fully saturated rings. The van der Waals surface area contributed by atoms with E-state index in [9.17, 15) is 4.79 Å². The molecule has 1 aromatic heterocycles. The number of aromatic nitrogens is 2. The second kappa shape index (κ2) is 5.26. The van der Waals surface area contributed by atoms with Crippen LogP contribution in [0.2, 0.25) is 0 Å². The highest BCUT2D eigenvalue weighted by molar-refractivity contribution is 5.90. The van der Waals surface area contributed by atoms with Crippen molar-refractivity contribution in [2.24, 2.45) is 0 Å². The maximum Gasteiger partial charge on any atom is 0.341 e. The van der Waals surface area contributed by atoms with Crippen molar-refractivity contribution in [1.82, 2.24) is 9.78 Å². The topological polar surface area (TPSA) is 44.1 Å². The molecule has 4 heteroatoms. The first kappa shape index (κ1) is 13.3. The molecule has 0 saturated heterocycles. The van der Waals surface area contributed by atoms with E-state index in [1.807, 2.05) is 26.0 Å². The zero-order chi connectivity index (χ0) is 14.0. The van der Waals surface area contributed by atoms with Crippen LogP contribution in [0.4, 0.5) is 0 Å². The van der Waals surface area contributed by atoms with Gasteiger partial charge in [0.05, 0.1) is 24.2 Å². The quantitative estimate of drug-likeness (QED) is 0.795. The molecule has 0 N–H and O–H groups in total. The first-order valence-electron chi connectivity index (χ1n) is 6.34. The van der Waals surface area contributed by atoms with Gasteiger partial charge in [-0.2, -0.15) is 5.10 Å². The highest BCUT2D eigenvalue weighted by atomic mass is 16.5. The van der Waals surface area contributed by atoms with Crippen LogP contribution in [0.15, 0.2) is 24.4 Å². The lowest BCUT2D eigenvalue weighted by Gasteiger charge is -2.09. The number of hydrogen-bond donors (Lipinski definition) is 0. The number of carbonyl (C=O) groups is 1. The summed E-state index contributed by atoms with van der Waals surface area (Å²) in [5.41, 5.74) is 4.63. The summed E-state index contributed by atoms with van der Waals surface area (Å²) in [6.45, 7) is 8.12. The molecule has 0 bridgehead atoms. The molecule has 0 aliphatic heterocycles. The van der Waals surface area contributed by atoms with E-state index in [4.69, 9.17) is 4.74 Å². The third kappa shape index (κ3) is 2.52. The first-order valence-corrected chi connectivity index (χ1v) is 6.34. The molecule has 1 heterocycles. The minimum atomic E-state index is -0.323. The summed E-state index contributed by atoms with van der Waals surface area (Å²) in [6, 6.07) is 6.15. The van der Waals surface area contributed by atoms with Crippen molar-refractivity contribution in [2.45, 2.75) is 27.7 Å². The van der Waals surface area contributed by atoms with E-state index < -0.39 is 0 Å². The summed E-state index contributed by atoms with van der Waals surface area (Å²) in [6.07, 6.45) is 1.56. The molecule has 0 atom stereocenters. The van der Waals surface area contributed by atoms with Gasteiger partial charge in [0.15, 0.2) is 0 Å². The van der Waals surface area contributed by atoms with Crippen LogP contribution >= 0.6 is 0 Å². The van der Waals surface area contributed by atoms with Crippen molar-refractivity contribution in [3.8, 4) is 5.69 Å². The lowest BCUT2D eigenvalue weighted by atomic mass is 10.1. The van der Waals surface area contributed by atoms with Crippen molar-refractivity contribution >= 4 is 5.97 Å². The van der Waals surface area contributed by atoms with Crippen molar-refractivity contribution in [3.63, 3.8) is 0 Å². The SMILES string of the molecule is CCOC(=O)c1cnn(-c2ccc(C)cc2C)c1C. The van der Waals surface area contributed by atoms with Gasteiger partial charge in [-0.15, -0.1) is 0 Å². The van der Waals surface area contributed by atoms with Crippen LogP contribution in [0.5, 0.6) is 0 Å². The van der Waals surface area contributed by atoms with Gasteiger partial charge in [0, 0.05) is 0 Å². The highest BCUT2D eigenvalue weighted by Gasteiger charge is 2.16. The fourth-order valence-corrected chi connectivity index (χ4v) is 2.10. The van der Waals surface area contributed by atoms with Gasteiger partial charge in [-0.25, -0.2) is 9.48 Å². The molecular formula is C15H18N2O2. The van der Waals surface area contributed by atoms with Crippen molar-refractivity contribution in [1.29, 1.82) is 0 Å². The number of benzene rings is 1. The molecule has 4 nitrogen and oxygen atoms in total. The third-order valence-electron chi connectivity index (χ3n) is 3.09. The van der Waals surface area contributed by atoms with Crippen LogP contribution in [0.25, 0.3) is 5.69 Å². The first-order chi connectivity index (χ1) is 9.04. The zero-order valence-corrected chi connectivity index (χ0v) is 11.7. The summed E-state index contributed by atoms with van der Waals surface area (Å²) >= 11 is 0. The Morgan fingerprint density at radius 1 is 1.32 bits per heavy atom. The highest BCUT2D eigenvalue weighted by Crippen LogP contribution is 2.19. The number of rotatable bonds is 3. The standard InChI is InChI=1S/C15H18N2O2/c1-5-19-15(18)13-9-16-17(12(13)4)14-7-6-10(2)8-11(14)3/h6-9H,5H2,1-4H3. The average Bonchev–Trinajstić information content (AvgIpc) is 2.72. The lowest BCUT2D eigenvalue weighted by molar-refractivity contribution is 0.0525. The molecule has 0 aliphatic rings. The van der Waals surface area contributed by atoms with Crippen molar-refractivity contribution in [2.75, 3.05) is 6.61 Å². The predicted molar refractivity (Wildman–Crippen MR) is 73.7 cm³/mol. The van der Waals surface area contributed by atoms with E-state index in [0.717, 1.165) is 16.9 Å². The molecule has 0 saturated carbocycles. The smallest absolute Gasteiger partial charge is 0.341 e. The van der Waals surface area contributed by atoms with Crippen LogP contribution in [0.1, 0.15) is 34.1 Å². The van der Waals surface area contributed by atoms with E-state index in [-0.39, 0.29) is 5.97 Å². The van der Waals surface area contributed by atoms with Gasteiger partial charge in [0.2, 0.25) is 0 Å². The molecule has 0 radical (unpaired) electrons. The monoisotopic (exact) mass is 258 g/mol. The Hall–Kier alpha value is -2.10. The maximum atomic E-state index is 11.8. The normalized spacial score (nSPS) is 10.5. The number of nitrogens with zero attached hydrogens (tertiary/aromatic N) is 2. The number of esters is 1. The van der Waals surface area contributed by atoms with Gasteiger partial charge in [-0.3, -0.25) is 0 Å². The Bertz CT molecular complexity index is 615. The van der Waals surface area contributed by atoms with Crippen LogP contribution < -0.4 is 0 Å². The molecule has 2 rings (SSSR count). The lowest BCUT2D eigenvalue weighted by Crippen LogP contribution is -2.07. The summed E-state index contributed by atoms with van der Waals surface area (Å²) < 4.78 is 6.79. The Morgan fingerprint density at radius 3 is 2.68 bits per heavy atom. The zero-order valence-electron chi connectivity index (χ0n) is 11.7. The summed E-state index contributed by atoms with van der Waals surface area (Å²) in [7, 11) is 0. The number of carbonyl (C=O) groups excluding carboxylic acids is 1. The third-order valence-corrected chi connectivity index (χ3v) is 3.09. The van der Waals surface area contributed by atoms with Crippen LogP contribution in [0.3, 0.4) is 0 Å². The van der Waals surface area contributed by atoms with Gasteiger partial charge >= 0.3 is 5.97 Å². The van der Waals surface area contributed by atoms with Crippen LogP contribution in [-0.2, 0) is 4.74 Å². The Kier molecular flexibility index (Phi) is 3.69. The van der Waals surface area contributed by atoms with Gasteiger partial charge < -0.3 is 4.74 Å². The molecule has 19 heavy (non-hydrogen) atoms. The van der Waals surface area contributed by atoms with E-state index in [1.54, 1.807) is 17.8 Å². The average molecular weight is 258 g/mol. The summed E-state index contributed by atoms with van der Waals surface area (Å²) in [4.78, 5) is 11.8. The summed E-state index contributed by atoms with van der Waals surface area (Å²) in [5, 5.41) is 4.30. The van der Waals surface area contributed by atoms with Crippen molar-refractivity contribution in [3.05, 3.63) is 46.8 Å². The Balaban J connectivity index is 2.44. The second-order valence-electron chi connectivity index (χ2n) is 4.57. The number of aryl methyl sites for hydroxylation is 2. The molecule has 1 aromatic carbocycles. The molecule has 0 amide bonds. The molecule has 2 aromatic rings. The van der Waals surface area contributed by atoms with E-state index in [1.165, 1.54) is 5.56 Å². The maximum absolute atomic E-state index is 11.8. The second-order valence-corrected chi connectivity index (χ2v) is 4.57. The Labute approximate surface area is 113 Å². The minimum Gasteiger partial charge on any atom is -0.462 e. The molecule has 0 aliphatic carbocycles. The molecular weight excluding hydrogens is 240 g/mol. The summed E-state index contributed by atoms with van der Waals surface area (Å²) in [5.74, 6) is -0.323. The van der Waals surface area contributed by atoms with Crippen LogP contribution in [0, 0.1) is 20.8 Å². The fraction of sp³-hybridized carbons (Fsp3) is 0.333. The molecule has 0 unspecified atom stereocenters. The molecule has 0 spiro atoms. The van der Waals surface area contributed by atoms with E-state index in [0.29, 0.717) is 12.2 Å². The fourth-order valence-electron chi connectivity index (χ4n) is 2.10. The largest absolute Gasteiger partial charge is 0.462 e. The van der Waals surface area contributed by atoms with E-state index >= 15 is 0 Å². The Morgan fingerprint density at radius 2 is 2.05 bits per heavy atom. The number of hydrogen-bond acceptors (Lipinski definition) is 3. The van der Waals surface area contributed by atoms with Gasteiger partial charge in [-0.1, -0.05) is 17.7 Å². The van der Waals surface area contributed by atoms with Crippen molar-refractivity contribution < 1.29 is 9.53 Å². The number of ether oxygens (including phenoxy) is 1. The van der Waals surface area contributed by atoms with E-state index in [2.05, 4.69) is 18.1 Å². The molecule has 100 valence electrons. The van der Waals surface area contributed by atoms with Gasteiger partial charge in [-0.05, 0) is 39.3 Å². The minimum absolute atomic E-state index is 0.323. The van der Waals surface area contributed by atoms with Gasteiger partial charge in [0.25, 0.3) is 0 Å². The van der Waals surface area contributed by atoms with Crippen LogP contribution in [-0.4, -0.2) is 22.4 Å². The predicted octanol–water partition coefficient (Wildman–Crippen LogP) is 2.97.